The first-order valence-electron chi connectivity index (χ1n) is 9.05. The number of aliphatic hydroxyl groups excluding tert-OH is 1. The number of aliphatic hydroxyl groups is 1. The van der Waals surface area contributed by atoms with Crippen LogP contribution in [0.4, 0.5) is 5.69 Å². The Hall–Kier alpha value is -2.47. The lowest BCUT2D eigenvalue weighted by Gasteiger charge is -2.26. The number of morpholine rings is 1. The highest BCUT2D eigenvalue weighted by atomic mass is 32.2. The lowest BCUT2D eigenvalue weighted by Crippen LogP contribution is -2.40. The van der Waals surface area contributed by atoms with E-state index in [2.05, 4.69) is 5.32 Å². The minimum atomic E-state index is -3.71. The molecule has 1 fully saturated rings. The molecule has 0 atom stereocenters. The van der Waals surface area contributed by atoms with Gasteiger partial charge in [0.2, 0.25) is 10.0 Å². The molecule has 10 nitrogen and oxygen atoms in total. The van der Waals surface area contributed by atoms with Gasteiger partial charge < -0.3 is 24.8 Å². The van der Waals surface area contributed by atoms with Gasteiger partial charge in [-0.3, -0.25) is 4.79 Å². The second kappa shape index (κ2) is 8.91. The number of amides is 1. The Morgan fingerprint density at radius 3 is 2.69 bits per heavy atom. The van der Waals surface area contributed by atoms with Gasteiger partial charge in [0.1, 0.15) is 5.70 Å². The van der Waals surface area contributed by atoms with Crippen molar-refractivity contribution in [3.05, 3.63) is 35.5 Å². The fraction of sp³-hybridized carbons (Fsp3) is 0.444. The van der Waals surface area contributed by atoms with E-state index in [1.807, 2.05) is 0 Å². The molecule has 2 aliphatic rings. The third-order valence-electron chi connectivity index (χ3n) is 4.66. The van der Waals surface area contributed by atoms with Crippen molar-refractivity contribution in [2.45, 2.75) is 4.90 Å². The van der Waals surface area contributed by atoms with Gasteiger partial charge >= 0.3 is 5.97 Å². The Labute approximate surface area is 168 Å². The van der Waals surface area contributed by atoms with Crippen LogP contribution in [0.2, 0.25) is 0 Å². The van der Waals surface area contributed by atoms with Crippen molar-refractivity contribution in [3.63, 3.8) is 0 Å². The molecule has 1 amide bonds. The summed E-state index contributed by atoms with van der Waals surface area (Å²) < 4.78 is 37.0. The van der Waals surface area contributed by atoms with Crippen LogP contribution in [0.15, 0.2) is 40.4 Å². The Kier molecular flexibility index (Phi) is 6.52. The summed E-state index contributed by atoms with van der Waals surface area (Å²) in [6, 6.07) is 6.04. The van der Waals surface area contributed by atoms with Crippen molar-refractivity contribution in [3.8, 4) is 0 Å². The molecule has 2 heterocycles. The van der Waals surface area contributed by atoms with E-state index < -0.39 is 21.9 Å². The van der Waals surface area contributed by atoms with Gasteiger partial charge in [-0.25, -0.2) is 13.2 Å². The molecule has 0 aliphatic carbocycles. The van der Waals surface area contributed by atoms with Crippen molar-refractivity contribution in [1.82, 2.24) is 9.21 Å². The van der Waals surface area contributed by atoms with Crippen LogP contribution in [0, 0.1) is 0 Å². The summed E-state index contributed by atoms with van der Waals surface area (Å²) >= 11 is 0. The largest absolute Gasteiger partial charge is 0.466 e. The van der Waals surface area contributed by atoms with Crippen LogP contribution in [0.3, 0.4) is 0 Å². The van der Waals surface area contributed by atoms with E-state index in [1.54, 1.807) is 12.1 Å². The third-order valence-corrected chi connectivity index (χ3v) is 6.56. The third kappa shape index (κ3) is 4.42. The molecule has 0 radical (unpaired) electrons. The molecule has 0 saturated carbocycles. The summed E-state index contributed by atoms with van der Waals surface area (Å²) in [6.07, 6.45) is 0. The molecule has 2 aliphatic heterocycles. The van der Waals surface area contributed by atoms with Gasteiger partial charge in [-0.05, 0) is 18.2 Å². The number of carbonyl (C=O) groups is 2. The zero-order valence-electron chi connectivity index (χ0n) is 16.0. The van der Waals surface area contributed by atoms with E-state index in [1.165, 1.54) is 28.4 Å². The molecular weight excluding hydrogens is 402 g/mol. The number of hydrogen-bond donors (Lipinski definition) is 2. The number of methoxy groups -OCH3 is 1. The lowest BCUT2D eigenvalue weighted by molar-refractivity contribution is -0.136. The smallest absolute Gasteiger partial charge is 0.337 e. The zero-order chi connectivity index (χ0) is 21.0. The molecule has 0 unspecified atom stereocenters. The first-order chi connectivity index (χ1) is 13.9. The van der Waals surface area contributed by atoms with Crippen LogP contribution in [0.5, 0.6) is 0 Å². The number of anilines is 1. The Morgan fingerprint density at radius 2 is 2.03 bits per heavy atom. The quantitative estimate of drug-likeness (QED) is 0.554. The second-order valence-electron chi connectivity index (χ2n) is 6.46. The van der Waals surface area contributed by atoms with Crippen molar-refractivity contribution < 1.29 is 32.6 Å². The number of sulfonamides is 1. The standard InChI is InChI=1S/C18H23N3O7S/c1-27-18(24)15-12-20(5-8-22)17(23)16(15)19-13-3-2-4-14(11-13)29(25,26)21-6-9-28-10-7-21/h2-4,11,19,22H,5-10,12H2,1H3. The van der Waals surface area contributed by atoms with Gasteiger partial charge in [-0.15, -0.1) is 0 Å². The minimum Gasteiger partial charge on any atom is -0.466 e. The van der Waals surface area contributed by atoms with E-state index in [9.17, 15) is 18.0 Å². The van der Waals surface area contributed by atoms with Crippen LogP contribution in [-0.4, -0.2) is 87.7 Å². The summed E-state index contributed by atoms with van der Waals surface area (Å²) in [4.78, 5) is 26.1. The maximum absolute atomic E-state index is 12.9. The molecule has 11 heteroatoms. The monoisotopic (exact) mass is 425 g/mol. The number of nitrogens with one attached hydrogen (secondary N) is 1. The highest BCUT2D eigenvalue weighted by Gasteiger charge is 2.34. The number of ether oxygens (including phenoxy) is 2. The fourth-order valence-corrected chi connectivity index (χ4v) is 4.62. The topological polar surface area (TPSA) is 125 Å². The highest BCUT2D eigenvalue weighted by molar-refractivity contribution is 7.89. The van der Waals surface area contributed by atoms with Crippen LogP contribution in [0.25, 0.3) is 0 Å². The van der Waals surface area contributed by atoms with Crippen LogP contribution >= 0.6 is 0 Å². The normalized spacial score (nSPS) is 18.3. The SMILES string of the molecule is COC(=O)C1=C(Nc2cccc(S(=O)(=O)N3CCOCC3)c2)C(=O)N(CCO)C1. The Balaban J connectivity index is 1.88. The van der Waals surface area contributed by atoms with Gasteiger partial charge in [0.15, 0.2) is 0 Å². The highest BCUT2D eigenvalue weighted by Crippen LogP contribution is 2.25. The number of carbonyl (C=O) groups excluding carboxylic acids is 2. The summed E-state index contributed by atoms with van der Waals surface area (Å²) in [5, 5.41) is 12.0. The predicted octanol–water partition coefficient (Wildman–Crippen LogP) is -0.619. The van der Waals surface area contributed by atoms with Gasteiger partial charge in [0.25, 0.3) is 5.91 Å². The number of nitrogens with zero attached hydrogens (tertiary/aromatic N) is 2. The zero-order valence-corrected chi connectivity index (χ0v) is 16.8. The molecule has 2 N–H and O–H groups in total. The van der Waals surface area contributed by atoms with Gasteiger partial charge in [-0.2, -0.15) is 4.31 Å². The molecule has 0 spiro atoms. The van der Waals surface area contributed by atoms with Gasteiger partial charge in [0.05, 0.1) is 43.9 Å². The van der Waals surface area contributed by atoms with E-state index in [0.29, 0.717) is 18.9 Å². The average Bonchev–Trinajstić information content (AvgIpc) is 3.04. The first-order valence-corrected chi connectivity index (χ1v) is 10.5. The van der Waals surface area contributed by atoms with Crippen LogP contribution in [0.1, 0.15) is 0 Å². The fourth-order valence-electron chi connectivity index (χ4n) is 3.16. The molecule has 1 aromatic carbocycles. The van der Waals surface area contributed by atoms with Crippen LogP contribution < -0.4 is 5.32 Å². The van der Waals surface area contributed by atoms with Crippen molar-refractivity contribution >= 4 is 27.6 Å². The molecule has 0 bridgehead atoms. The molecule has 1 aromatic rings. The summed E-state index contributed by atoms with van der Waals surface area (Å²) in [7, 11) is -2.50. The van der Waals surface area contributed by atoms with Crippen molar-refractivity contribution in [1.29, 1.82) is 0 Å². The van der Waals surface area contributed by atoms with Gasteiger partial charge in [-0.1, -0.05) is 6.07 Å². The first kappa shape index (κ1) is 21.2. The molecule has 29 heavy (non-hydrogen) atoms. The van der Waals surface area contributed by atoms with E-state index in [0.717, 1.165) is 0 Å². The van der Waals surface area contributed by atoms with Crippen molar-refractivity contribution in [2.75, 3.05) is 58.4 Å². The molecule has 3 rings (SSSR count). The summed E-state index contributed by atoms with van der Waals surface area (Å²) in [5.74, 6) is -1.14. The molecule has 1 saturated heterocycles. The number of rotatable bonds is 7. The molecule has 0 aromatic heterocycles. The average molecular weight is 425 g/mol. The Bertz CT molecular complexity index is 923. The number of esters is 1. The number of hydrogen-bond acceptors (Lipinski definition) is 8. The van der Waals surface area contributed by atoms with E-state index in [4.69, 9.17) is 14.6 Å². The van der Waals surface area contributed by atoms with E-state index >= 15 is 0 Å². The number of β-amino-alcohol motifs (C(OH)–C–C–N with tert-alkyl or cyclic N) is 1. The summed E-state index contributed by atoms with van der Waals surface area (Å²) in [5.41, 5.74) is 0.466. The molecule has 158 valence electrons. The van der Waals surface area contributed by atoms with Crippen LogP contribution in [-0.2, 0) is 29.1 Å². The van der Waals surface area contributed by atoms with Crippen molar-refractivity contribution in [2.24, 2.45) is 0 Å². The maximum Gasteiger partial charge on any atom is 0.337 e. The maximum atomic E-state index is 12.9. The summed E-state index contributed by atoms with van der Waals surface area (Å²) in [6.45, 7) is 1.03. The lowest BCUT2D eigenvalue weighted by atomic mass is 10.2. The van der Waals surface area contributed by atoms with E-state index in [-0.39, 0.29) is 49.0 Å². The Morgan fingerprint density at radius 1 is 1.31 bits per heavy atom. The second-order valence-corrected chi connectivity index (χ2v) is 8.40. The minimum absolute atomic E-state index is 0.000166. The molecular formula is C18H23N3O7S. The number of benzene rings is 1. The predicted molar refractivity (Wildman–Crippen MR) is 102 cm³/mol. The van der Waals surface area contributed by atoms with Gasteiger partial charge in [0, 0.05) is 25.3 Å².